The molecule has 0 bridgehead atoms. The van der Waals surface area contributed by atoms with E-state index in [1.807, 2.05) is 36.4 Å². The zero-order chi connectivity index (χ0) is 37.2. The SMILES string of the molecule is CC(c1ccc(N2CCN(CCCn3nc4ccccn4c3=O)CC2)cc1Cl)c1ccc(N2CCN(CCCn3nc4ccccn4c3=O)CC2)cc1Cl. The summed E-state index contributed by atoms with van der Waals surface area (Å²) in [7, 11) is 0. The van der Waals surface area contributed by atoms with Crippen LogP contribution in [0.1, 0.15) is 36.8 Å². The van der Waals surface area contributed by atoms with Gasteiger partial charge in [-0.25, -0.2) is 19.0 Å². The normalized spacial score (nSPS) is 16.0. The van der Waals surface area contributed by atoms with Gasteiger partial charge in [0.05, 0.1) is 0 Å². The third kappa shape index (κ3) is 7.66. The van der Waals surface area contributed by atoms with E-state index in [2.05, 4.69) is 73.1 Å². The van der Waals surface area contributed by atoms with Gasteiger partial charge in [-0.2, -0.15) is 0 Å². The summed E-state index contributed by atoms with van der Waals surface area (Å²) in [4.78, 5) is 34.9. The molecule has 0 spiro atoms. The van der Waals surface area contributed by atoms with Crippen LogP contribution in [0.25, 0.3) is 11.3 Å². The zero-order valence-electron chi connectivity index (χ0n) is 30.6. The summed E-state index contributed by atoms with van der Waals surface area (Å²) in [5, 5.41) is 10.4. The Morgan fingerprint density at radius 3 is 1.39 bits per heavy atom. The van der Waals surface area contributed by atoms with E-state index in [0.29, 0.717) is 24.4 Å². The molecule has 2 aliphatic heterocycles. The Hall–Kier alpha value is -4.62. The van der Waals surface area contributed by atoms with Crippen molar-refractivity contribution in [3.8, 4) is 0 Å². The standard InChI is InChI=1S/C40H46Cl2N10O2/c1-30(33-12-10-31(28-35(33)41)47-24-20-45(21-25-47)14-6-18-51-39(53)49-16-4-2-8-37(49)43-51)34-13-11-32(29-36(34)42)48-26-22-46(23-27-48)15-7-19-52-40(54)50-17-5-3-9-38(50)44-52/h2-5,8-13,16-17,28-30H,6-7,14-15,18-27H2,1H3. The lowest BCUT2D eigenvalue weighted by Crippen LogP contribution is -2.46. The van der Waals surface area contributed by atoms with Crippen molar-refractivity contribution in [2.45, 2.75) is 38.8 Å². The Balaban J connectivity index is 0.799. The molecule has 0 N–H and O–H groups in total. The van der Waals surface area contributed by atoms with Crippen LogP contribution in [0.3, 0.4) is 0 Å². The highest BCUT2D eigenvalue weighted by atomic mass is 35.5. The molecule has 0 unspecified atom stereocenters. The molecule has 8 rings (SSSR count). The molecule has 54 heavy (non-hydrogen) atoms. The summed E-state index contributed by atoms with van der Waals surface area (Å²) < 4.78 is 6.32. The zero-order valence-corrected chi connectivity index (χ0v) is 32.1. The van der Waals surface area contributed by atoms with Crippen LogP contribution < -0.4 is 21.2 Å². The van der Waals surface area contributed by atoms with Crippen molar-refractivity contribution < 1.29 is 0 Å². The number of rotatable bonds is 12. The van der Waals surface area contributed by atoms with E-state index < -0.39 is 0 Å². The Labute approximate surface area is 324 Å². The number of anilines is 2. The molecule has 4 aromatic heterocycles. The number of aromatic nitrogens is 6. The Kier molecular flexibility index (Phi) is 10.8. The molecule has 0 radical (unpaired) electrons. The number of aryl methyl sites for hydroxylation is 2. The van der Waals surface area contributed by atoms with Gasteiger partial charge in [-0.3, -0.25) is 18.6 Å². The fraction of sp³-hybridized carbons (Fsp3) is 0.400. The van der Waals surface area contributed by atoms with Crippen molar-refractivity contribution in [2.24, 2.45) is 0 Å². The molecule has 0 atom stereocenters. The first-order chi connectivity index (χ1) is 26.3. The molecular weight excluding hydrogens is 723 g/mol. The highest BCUT2D eigenvalue weighted by Crippen LogP contribution is 2.37. The van der Waals surface area contributed by atoms with Gasteiger partial charge in [0.15, 0.2) is 11.3 Å². The smallest absolute Gasteiger partial charge is 0.350 e. The van der Waals surface area contributed by atoms with Crippen molar-refractivity contribution >= 4 is 45.9 Å². The van der Waals surface area contributed by atoms with Gasteiger partial charge in [-0.15, -0.1) is 10.2 Å². The van der Waals surface area contributed by atoms with E-state index in [-0.39, 0.29) is 17.3 Å². The summed E-state index contributed by atoms with van der Waals surface area (Å²) in [5.74, 6) is 0.0441. The fourth-order valence-electron chi connectivity index (χ4n) is 7.87. The fourth-order valence-corrected chi connectivity index (χ4v) is 8.55. The van der Waals surface area contributed by atoms with Crippen molar-refractivity contribution in [3.05, 3.63) is 127 Å². The first kappa shape index (κ1) is 36.4. The monoisotopic (exact) mass is 768 g/mol. The van der Waals surface area contributed by atoms with Crippen LogP contribution in [-0.2, 0) is 13.1 Å². The number of benzene rings is 2. The number of pyridine rings is 2. The summed E-state index contributed by atoms with van der Waals surface area (Å²) in [5.41, 5.74) is 5.60. The minimum atomic E-state index is -0.0837. The van der Waals surface area contributed by atoms with E-state index in [4.69, 9.17) is 23.2 Å². The molecular formula is C40H46Cl2N10O2. The molecule has 2 fully saturated rings. The van der Waals surface area contributed by atoms with Gasteiger partial charge in [0.25, 0.3) is 0 Å². The second kappa shape index (κ2) is 16.0. The van der Waals surface area contributed by atoms with Crippen LogP contribution in [0.5, 0.6) is 0 Å². The Morgan fingerprint density at radius 2 is 1.00 bits per heavy atom. The van der Waals surface area contributed by atoms with Crippen molar-refractivity contribution in [3.63, 3.8) is 0 Å². The van der Waals surface area contributed by atoms with Crippen molar-refractivity contribution in [2.75, 3.05) is 75.2 Å². The molecule has 2 aliphatic rings. The molecule has 12 nitrogen and oxygen atoms in total. The number of piperazine rings is 2. The topological polar surface area (TPSA) is 91.6 Å². The van der Waals surface area contributed by atoms with E-state index in [9.17, 15) is 9.59 Å². The Bertz CT molecular complexity index is 2190. The summed E-state index contributed by atoms with van der Waals surface area (Å²) in [6.07, 6.45) is 5.27. The summed E-state index contributed by atoms with van der Waals surface area (Å²) >= 11 is 13.9. The van der Waals surface area contributed by atoms with Gasteiger partial charge in [-0.1, -0.05) is 54.4 Å². The molecule has 6 heterocycles. The van der Waals surface area contributed by atoms with Crippen molar-refractivity contribution in [1.82, 2.24) is 38.2 Å². The van der Waals surface area contributed by atoms with E-state index in [0.717, 1.165) is 111 Å². The van der Waals surface area contributed by atoms with Gasteiger partial charge in [0.2, 0.25) is 0 Å². The number of hydrogen-bond acceptors (Lipinski definition) is 8. The Morgan fingerprint density at radius 1 is 0.574 bits per heavy atom. The largest absolute Gasteiger partial charge is 0.369 e. The summed E-state index contributed by atoms with van der Waals surface area (Å²) in [6, 6.07) is 24.0. The predicted octanol–water partition coefficient (Wildman–Crippen LogP) is 5.19. The quantitative estimate of drug-likeness (QED) is 0.168. The average molecular weight is 770 g/mol. The lowest BCUT2D eigenvalue weighted by Gasteiger charge is -2.36. The highest BCUT2D eigenvalue weighted by molar-refractivity contribution is 6.32. The number of nitrogens with zero attached hydrogens (tertiary/aromatic N) is 10. The third-order valence-electron chi connectivity index (χ3n) is 11.0. The molecule has 14 heteroatoms. The van der Waals surface area contributed by atoms with Gasteiger partial charge < -0.3 is 9.80 Å². The molecule has 0 saturated carbocycles. The molecule has 0 aliphatic carbocycles. The van der Waals surface area contributed by atoms with Gasteiger partial charge in [-0.05, 0) is 72.5 Å². The van der Waals surface area contributed by atoms with Crippen LogP contribution in [0.4, 0.5) is 11.4 Å². The minimum absolute atomic E-state index is 0.0441. The average Bonchev–Trinajstić information content (AvgIpc) is 3.69. The molecule has 0 amide bonds. The van der Waals surface area contributed by atoms with Gasteiger partial charge >= 0.3 is 11.4 Å². The van der Waals surface area contributed by atoms with Gasteiger partial charge in [0, 0.05) is 118 Å². The second-order valence-electron chi connectivity index (χ2n) is 14.4. The maximum atomic E-state index is 12.6. The minimum Gasteiger partial charge on any atom is -0.369 e. The number of fused-ring (bicyclic) bond motifs is 2. The molecule has 2 saturated heterocycles. The van der Waals surface area contributed by atoms with E-state index >= 15 is 0 Å². The van der Waals surface area contributed by atoms with Crippen LogP contribution in [0.2, 0.25) is 10.0 Å². The van der Waals surface area contributed by atoms with Crippen LogP contribution in [0.15, 0.2) is 94.8 Å². The maximum Gasteiger partial charge on any atom is 0.350 e. The molecule has 6 aromatic rings. The van der Waals surface area contributed by atoms with Gasteiger partial charge in [0.1, 0.15) is 0 Å². The lowest BCUT2D eigenvalue weighted by molar-refractivity contribution is 0.248. The predicted molar refractivity (Wildman–Crippen MR) is 216 cm³/mol. The first-order valence-electron chi connectivity index (χ1n) is 18.9. The second-order valence-corrected chi connectivity index (χ2v) is 15.2. The lowest BCUT2D eigenvalue weighted by atomic mass is 9.92. The highest BCUT2D eigenvalue weighted by Gasteiger charge is 2.22. The van der Waals surface area contributed by atoms with Crippen LogP contribution >= 0.6 is 23.2 Å². The van der Waals surface area contributed by atoms with Crippen LogP contribution in [0, 0.1) is 0 Å². The van der Waals surface area contributed by atoms with Crippen LogP contribution in [-0.4, -0.2) is 104 Å². The molecule has 2 aromatic carbocycles. The number of halogens is 2. The number of hydrogen-bond donors (Lipinski definition) is 0. The summed E-state index contributed by atoms with van der Waals surface area (Å²) in [6.45, 7) is 12.8. The molecule has 282 valence electrons. The first-order valence-corrected chi connectivity index (χ1v) is 19.7. The van der Waals surface area contributed by atoms with E-state index in [1.165, 1.54) is 0 Å². The maximum absolute atomic E-state index is 12.6. The van der Waals surface area contributed by atoms with E-state index in [1.54, 1.807) is 30.6 Å². The van der Waals surface area contributed by atoms with Crippen molar-refractivity contribution in [1.29, 1.82) is 0 Å². The third-order valence-corrected chi connectivity index (χ3v) is 11.7.